The van der Waals surface area contributed by atoms with Crippen LogP contribution >= 0.6 is 0 Å². The zero-order valence-corrected chi connectivity index (χ0v) is 14.4. The third kappa shape index (κ3) is 3.14. The van der Waals surface area contributed by atoms with Crippen molar-refractivity contribution in [2.75, 3.05) is 0 Å². The number of hydrogen-bond acceptors (Lipinski definition) is 3. The number of halogens is 2. The molecule has 3 atom stereocenters. The number of carboxylic acids is 1. The van der Waals surface area contributed by atoms with Crippen molar-refractivity contribution in [1.29, 1.82) is 0 Å². The van der Waals surface area contributed by atoms with E-state index in [0.717, 1.165) is 25.7 Å². The van der Waals surface area contributed by atoms with Gasteiger partial charge in [0.05, 0.1) is 12.1 Å². The van der Waals surface area contributed by atoms with Gasteiger partial charge >= 0.3 is 12.5 Å². The normalized spacial score (nSPS) is 26.1. The fourth-order valence-electron chi connectivity index (χ4n) is 4.42. The topological polar surface area (TPSA) is 75.4 Å². The summed E-state index contributed by atoms with van der Waals surface area (Å²) >= 11 is 0. The smallest absolute Gasteiger partial charge is 0.333 e. The molecule has 1 N–H and O–H groups in total. The van der Waals surface area contributed by atoms with Crippen LogP contribution in [0.3, 0.4) is 0 Å². The lowest BCUT2D eigenvalue weighted by Crippen LogP contribution is -2.47. The van der Waals surface area contributed by atoms with Gasteiger partial charge in [-0.15, -0.1) is 0 Å². The summed E-state index contributed by atoms with van der Waals surface area (Å²) in [4.78, 5) is 26.0. The highest BCUT2D eigenvalue weighted by Crippen LogP contribution is 2.40. The number of amides is 1. The van der Waals surface area contributed by atoms with Crippen molar-refractivity contribution in [2.45, 2.75) is 71.0 Å². The lowest BCUT2D eigenvalue weighted by molar-refractivity contribution is -0.149. The zero-order valence-electron chi connectivity index (χ0n) is 14.4. The first-order valence-corrected chi connectivity index (χ1v) is 8.68. The third-order valence-electron chi connectivity index (χ3n) is 5.65. The van der Waals surface area contributed by atoms with Gasteiger partial charge in [-0.05, 0) is 39.0 Å². The number of hydrogen-bond donors (Lipinski definition) is 1. The first kappa shape index (κ1) is 17.8. The van der Waals surface area contributed by atoms with Crippen molar-refractivity contribution >= 4 is 11.9 Å². The number of fused-ring (bicyclic) bond motifs is 1. The molecule has 6 nitrogen and oxygen atoms in total. The van der Waals surface area contributed by atoms with Crippen LogP contribution in [-0.2, 0) is 16.0 Å². The molecule has 0 bridgehead atoms. The highest BCUT2D eigenvalue weighted by atomic mass is 19.3. The average molecular weight is 355 g/mol. The minimum absolute atomic E-state index is 0.0481. The molecule has 0 spiro atoms. The number of aliphatic carboxylic acids is 1. The van der Waals surface area contributed by atoms with Crippen LogP contribution < -0.4 is 0 Å². The fraction of sp³-hybridized carbons (Fsp3) is 0.706. The van der Waals surface area contributed by atoms with E-state index >= 15 is 0 Å². The zero-order chi connectivity index (χ0) is 18.3. The van der Waals surface area contributed by atoms with E-state index in [2.05, 4.69) is 5.10 Å². The van der Waals surface area contributed by atoms with E-state index in [1.165, 1.54) is 11.8 Å². The summed E-state index contributed by atoms with van der Waals surface area (Å²) in [6.07, 6.45) is 4.21. The molecular formula is C17H23F2N3O3. The third-order valence-corrected chi connectivity index (χ3v) is 5.65. The summed E-state index contributed by atoms with van der Waals surface area (Å²) in [5.74, 6) is -1.06. The van der Waals surface area contributed by atoms with Crippen LogP contribution in [-0.4, -0.2) is 43.7 Å². The highest BCUT2D eigenvalue weighted by molar-refractivity contribution is 5.86. The Balaban J connectivity index is 1.85. The summed E-state index contributed by atoms with van der Waals surface area (Å²) in [7, 11) is 0. The van der Waals surface area contributed by atoms with Crippen LogP contribution in [0.4, 0.5) is 8.78 Å². The number of aryl methyl sites for hydroxylation is 1. The van der Waals surface area contributed by atoms with Crippen molar-refractivity contribution in [3.63, 3.8) is 0 Å². The molecule has 3 rings (SSSR count). The van der Waals surface area contributed by atoms with Crippen LogP contribution in [0.15, 0.2) is 0 Å². The van der Waals surface area contributed by atoms with Crippen LogP contribution in [0.2, 0.25) is 0 Å². The molecule has 1 aliphatic heterocycles. The maximum atomic E-state index is 13.0. The van der Waals surface area contributed by atoms with Gasteiger partial charge in [0, 0.05) is 17.3 Å². The summed E-state index contributed by atoms with van der Waals surface area (Å²) in [5.41, 5.74) is 1.11. The Morgan fingerprint density at radius 2 is 1.96 bits per heavy atom. The predicted molar refractivity (Wildman–Crippen MR) is 85.3 cm³/mol. The molecule has 1 aromatic heterocycles. The number of nitrogens with zero attached hydrogens (tertiary/aromatic N) is 3. The average Bonchev–Trinajstić information content (AvgIpc) is 3.07. The highest BCUT2D eigenvalue weighted by Gasteiger charge is 2.47. The lowest BCUT2D eigenvalue weighted by Gasteiger charge is -2.33. The Hall–Kier alpha value is -1.99. The van der Waals surface area contributed by atoms with Gasteiger partial charge < -0.3 is 10.0 Å². The van der Waals surface area contributed by atoms with E-state index in [1.54, 1.807) is 6.92 Å². The fourth-order valence-corrected chi connectivity index (χ4v) is 4.42. The molecule has 2 aliphatic rings. The maximum Gasteiger partial charge on any atom is 0.333 e. The minimum atomic E-state index is -2.76. The molecule has 3 unspecified atom stereocenters. The number of carbonyl (C=O) groups excluding carboxylic acids is 1. The van der Waals surface area contributed by atoms with Gasteiger partial charge in [0.1, 0.15) is 6.04 Å². The summed E-state index contributed by atoms with van der Waals surface area (Å²) in [5, 5.41) is 13.3. The Morgan fingerprint density at radius 1 is 1.28 bits per heavy atom. The second-order valence-electron chi connectivity index (χ2n) is 7.05. The molecule has 1 aliphatic carbocycles. The number of likely N-dealkylation sites (tertiary alicyclic amines) is 1. The number of rotatable bonds is 4. The number of carbonyl (C=O) groups is 2. The Labute approximate surface area is 144 Å². The van der Waals surface area contributed by atoms with Gasteiger partial charge in [-0.25, -0.2) is 9.48 Å². The molecule has 1 saturated heterocycles. The largest absolute Gasteiger partial charge is 0.480 e. The summed E-state index contributed by atoms with van der Waals surface area (Å²) in [6, 6.07) is -0.862. The Bertz CT molecular complexity index is 689. The van der Waals surface area contributed by atoms with Gasteiger partial charge in [-0.3, -0.25) is 4.79 Å². The van der Waals surface area contributed by atoms with E-state index in [-0.39, 0.29) is 30.0 Å². The van der Waals surface area contributed by atoms with Crippen LogP contribution in [0.1, 0.15) is 55.6 Å². The van der Waals surface area contributed by atoms with Crippen molar-refractivity contribution in [3.05, 3.63) is 17.0 Å². The van der Waals surface area contributed by atoms with Gasteiger partial charge in [0.2, 0.25) is 5.91 Å². The first-order chi connectivity index (χ1) is 11.8. The molecule has 1 amide bonds. The van der Waals surface area contributed by atoms with Crippen molar-refractivity contribution in [1.82, 2.24) is 14.7 Å². The van der Waals surface area contributed by atoms with Crippen LogP contribution in [0, 0.1) is 19.8 Å². The molecule has 25 heavy (non-hydrogen) atoms. The van der Waals surface area contributed by atoms with Gasteiger partial charge in [0.15, 0.2) is 0 Å². The van der Waals surface area contributed by atoms with Crippen molar-refractivity contribution in [2.24, 2.45) is 5.92 Å². The Kier molecular flexibility index (Phi) is 4.79. The maximum absolute atomic E-state index is 13.0. The molecule has 2 fully saturated rings. The van der Waals surface area contributed by atoms with Crippen LogP contribution in [0.5, 0.6) is 0 Å². The molecule has 0 aromatic carbocycles. The number of alkyl halides is 2. The van der Waals surface area contributed by atoms with Gasteiger partial charge in [-0.1, -0.05) is 12.8 Å². The quantitative estimate of drug-likeness (QED) is 0.901. The molecule has 138 valence electrons. The van der Waals surface area contributed by atoms with Crippen LogP contribution in [0.25, 0.3) is 0 Å². The summed E-state index contributed by atoms with van der Waals surface area (Å²) < 4.78 is 26.6. The van der Waals surface area contributed by atoms with E-state index in [0.29, 0.717) is 22.4 Å². The SMILES string of the molecule is Cc1nn(C(F)F)c(C)c1CC(=O)N1C(C(=O)O)CC2CCCCC21. The van der Waals surface area contributed by atoms with E-state index in [9.17, 15) is 23.5 Å². The minimum Gasteiger partial charge on any atom is -0.480 e. The summed E-state index contributed by atoms with van der Waals surface area (Å²) in [6.45, 7) is 0.344. The second kappa shape index (κ2) is 6.72. The molecular weight excluding hydrogens is 332 g/mol. The molecule has 8 heteroatoms. The molecule has 2 heterocycles. The lowest BCUT2D eigenvalue weighted by atomic mass is 9.84. The standard InChI is InChI=1S/C17H23F2N3O3/c1-9-12(10(2)22(20-9)17(18)19)8-15(23)21-13-6-4-3-5-11(13)7-14(21)16(24)25/h11,13-14,17H,3-8H2,1-2H3,(H,24,25). The van der Waals surface area contributed by atoms with Gasteiger partial charge in [-0.2, -0.15) is 13.9 Å². The molecule has 1 saturated carbocycles. The predicted octanol–water partition coefficient (Wildman–Crippen LogP) is 2.68. The van der Waals surface area contributed by atoms with Crippen molar-refractivity contribution in [3.8, 4) is 0 Å². The second-order valence-corrected chi connectivity index (χ2v) is 7.05. The van der Waals surface area contributed by atoms with Crippen molar-refractivity contribution < 1.29 is 23.5 Å². The molecule has 0 radical (unpaired) electrons. The number of aromatic nitrogens is 2. The molecule has 1 aromatic rings. The van der Waals surface area contributed by atoms with E-state index < -0.39 is 18.6 Å². The Morgan fingerprint density at radius 3 is 2.56 bits per heavy atom. The van der Waals surface area contributed by atoms with Gasteiger partial charge in [0.25, 0.3) is 0 Å². The number of carboxylic acid groups (broad SMARTS) is 1. The van der Waals surface area contributed by atoms with E-state index in [4.69, 9.17) is 0 Å². The first-order valence-electron chi connectivity index (χ1n) is 8.68. The van der Waals surface area contributed by atoms with E-state index in [1.807, 2.05) is 0 Å². The monoisotopic (exact) mass is 355 g/mol.